The average molecular weight is 305 g/mol. The fourth-order valence-electron chi connectivity index (χ4n) is 1.78. The molecule has 3 aromatic rings. The van der Waals surface area contributed by atoms with E-state index in [-0.39, 0.29) is 0 Å². The van der Waals surface area contributed by atoms with Gasteiger partial charge in [-0.05, 0) is 37.3 Å². The van der Waals surface area contributed by atoms with Crippen LogP contribution >= 0.6 is 23.2 Å². The maximum Gasteiger partial charge on any atom is 0.248 e. The molecule has 0 N–H and O–H groups in total. The summed E-state index contributed by atoms with van der Waals surface area (Å²) in [5.41, 5.74) is 2.80. The highest BCUT2D eigenvalue weighted by molar-refractivity contribution is 6.42. The van der Waals surface area contributed by atoms with Crippen molar-refractivity contribution in [3.8, 4) is 22.9 Å². The standard InChI is InChI=1S/C15H10Cl2N2O/c1-9-2-4-10(5-3-9)14-18-19-15(20-14)11-6-7-12(16)13(17)8-11/h2-8H,1H3. The third-order valence-corrected chi connectivity index (χ3v) is 3.63. The van der Waals surface area contributed by atoms with E-state index in [9.17, 15) is 0 Å². The fraction of sp³-hybridized carbons (Fsp3) is 0.0667. The van der Waals surface area contributed by atoms with Crippen LogP contribution in [0.3, 0.4) is 0 Å². The normalized spacial score (nSPS) is 10.8. The highest BCUT2D eigenvalue weighted by Gasteiger charge is 2.11. The predicted molar refractivity (Wildman–Crippen MR) is 79.9 cm³/mol. The van der Waals surface area contributed by atoms with Crippen molar-refractivity contribution < 1.29 is 4.42 Å². The molecule has 100 valence electrons. The Labute approximate surface area is 126 Å². The Morgan fingerprint density at radius 2 is 1.40 bits per heavy atom. The molecule has 0 unspecified atom stereocenters. The van der Waals surface area contributed by atoms with Crippen LogP contribution in [0.4, 0.5) is 0 Å². The maximum atomic E-state index is 5.98. The Hall–Kier alpha value is -1.84. The van der Waals surface area contributed by atoms with Gasteiger partial charge in [-0.1, -0.05) is 40.9 Å². The number of rotatable bonds is 2. The molecule has 0 atom stereocenters. The second-order valence-electron chi connectivity index (χ2n) is 4.41. The van der Waals surface area contributed by atoms with Gasteiger partial charge in [0.05, 0.1) is 10.0 Å². The summed E-state index contributed by atoms with van der Waals surface area (Å²) >= 11 is 11.9. The second-order valence-corrected chi connectivity index (χ2v) is 5.22. The Kier molecular flexibility index (Phi) is 3.47. The van der Waals surface area contributed by atoms with Gasteiger partial charge >= 0.3 is 0 Å². The van der Waals surface area contributed by atoms with Crippen LogP contribution in [0.1, 0.15) is 5.56 Å². The van der Waals surface area contributed by atoms with Crippen molar-refractivity contribution in [3.63, 3.8) is 0 Å². The van der Waals surface area contributed by atoms with Crippen molar-refractivity contribution in [1.29, 1.82) is 0 Å². The van der Waals surface area contributed by atoms with Crippen molar-refractivity contribution in [2.75, 3.05) is 0 Å². The second kappa shape index (κ2) is 5.27. The summed E-state index contributed by atoms with van der Waals surface area (Å²) in [6, 6.07) is 13.1. The van der Waals surface area contributed by atoms with E-state index in [0.717, 1.165) is 11.1 Å². The molecular formula is C15H10Cl2N2O. The molecule has 0 saturated heterocycles. The van der Waals surface area contributed by atoms with Crippen LogP contribution in [-0.2, 0) is 0 Å². The molecular weight excluding hydrogens is 295 g/mol. The van der Waals surface area contributed by atoms with Crippen molar-refractivity contribution in [1.82, 2.24) is 10.2 Å². The summed E-state index contributed by atoms with van der Waals surface area (Å²) in [4.78, 5) is 0. The van der Waals surface area contributed by atoms with Crippen molar-refractivity contribution in [3.05, 3.63) is 58.1 Å². The third-order valence-electron chi connectivity index (χ3n) is 2.89. The Bertz CT molecular complexity index is 751. The molecule has 0 aliphatic carbocycles. The SMILES string of the molecule is Cc1ccc(-c2nnc(-c3ccc(Cl)c(Cl)c3)o2)cc1. The molecule has 3 nitrogen and oxygen atoms in total. The molecule has 0 aliphatic heterocycles. The van der Waals surface area contributed by atoms with Gasteiger partial charge in [0, 0.05) is 11.1 Å². The lowest BCUT2D eigenvalue weighted by Crippen LogP contribution is -1.78. The van der Waals surface area contributed by atoms with Crippen LogP contribution in [0, 0.1) is 6.92 Å². The largest absolute Gasteiger partial charge is 0.416 e. The zero-order valence-electron chi connectivity index (χ0n) is 10.6. The maximum absolute atomic E-state index is 5.98. The zero-order valence-corrected chi connectivity index (χ0v) is 12.1. The van der Waals surface area contributed by atoms with Gasteiger partial charge < -0.3 is 4.42 Å². The molecule has 20 heavy (non-hydrogen) atoms. The predicted octanol–water partition coefficient (Wildman–Crippen LogP) is 5.02. The average Bonchev–Trinajstić information content (AvgIpc) is 2.92. The first-order valence-electron chi connectivity index (χ1n) is 5.99. The first kappa shape index (κ1) is 13.2. The van der Waals surface area contributed by atoms with Gasteiger partial charge in [-0.3, -0.25) is 0 Å². The molecule has 0 bridgehead atoms. The lowest BCUT2D eigenvalue weighted by atomic mass is 10.1. The highest BCUT2D eigenvalue weighted by Crippen LogP contribution is 2.29. The molecule has 1 aromatic heterocycles. The van der Waals surface area contributed by atoms with Gasteiger partial charge in [0.2, 0.25) is 11.8 Å². The number of aryl methyl sites for hydroxylation is 1. The van der Waals surface area contributed by atoms with Gasteiger partial charge in [-0.25, -0.2) is 0 Å². The van der Waals surface area contributed by atoms with Gasteiger partial charge in [-0.15, -0.1) is 10.2 Å². The van der Waals surface area contributed by atoms with Crippen molar-refractivity contribution in [2.45, 2.75) is 6.92 Å². The minimum Gasteiger partial charge on any atom is -0.416 e. The Morgan fingerprint density at radius 1 is 0.800 bits per heavy atom. The summed E-state index contributed by atoms with van der Waals surface area (Å²) < 4.78 is 5.67. The Balaban J connectivity index is 1.97. The monoisotopic (exact) mass is 304 g/mol. The number of nitrogens with zero attached hydrogens (tertiary/aromatic N) is 2. The molecule has 0 amide bonds. The molecule has 1 heterocycles. The van der Waals surface area contributed by atoms with E-state index in [4.69, 9.17) is 27.6 Å². The summed E-state index contributed by atoms with van der Waals surface area (Å²) in [5.74, 6) is 0.894. The minimum atomic E-state index is 0.416. The number of benzene rings is 2. The van der Waals surface area contributed by atoms with E-state index in [0.29, 0.717) is 21.8 Å². The van der Waals surface area contributed by atoms with Gasteiger partial charge in [0.25, 0.3) is 0 Å². The first-order chi connectivity index (χ1) is 9.63. The van der Waals surface area contributed by atoms with Gasteiger partial charge in [-0.2, -0.15) is 0 Å². The van der Waals surface area contributed by atoms with E-state index in [2.05, 4.69) is 10.2 Å². The van der Waals surface area contributed by atoms with Crippen LogP contribution in [0.25, 0.3) is 22.9 Å². The summed E-state index contributed by atoms with van der Waals surface area (Å²) in [7, 11) is 0. The van der Waals surface area contributed by atoms with Crippen molar-refractivity contribution in [2.24, 2.45) is 0 Å². The van der Waals surface area contributed by atoms with E-state index in [1.54, 1.807) is 18.2 Å². The molecule has 0 saturated carbocycles. The number of aromatic nitrogens is 2. The Morgan fingerprint density at radius 3 is 2.05 bits per heavy atom. The number of hydrogen-bond acceptors (Lipinski definition) is 3. The van der Waals surface area contributed by atoms with Crippen LogP contribution in [0.2, 0.25) is 10.0 Å². The van der Waals surface area contributed by atoms with Crippen LogP contribution in [0.5, 0.6) is 0 Å². The molecule has 0 aliphatic rings. The van der Waals surface area contributed by atoms with E-state index >= 15 is 0 Å². The lowest BCUT2D eigenvalue weighted by molar-refractivity contribution is 0.584. The molecule has 0 fully saturated rings. The minimum absolute atomic E-state index is 0.416. The number of halogens is 2. The molecule has 2 aromatic carbocycles. The zero-order chi connectivity index (χ0) is 14.1. The van der Waals surface area contributed by atoms with Crippen LogP contribution in [-0.4, -0.2) is 10.2 Å². The molecule has 5 heteroatoms. The smallest absolute Gasteiger partial charge is 0.248 e. The number of hydrogen-bond donors (Lipinski definition) is 0. The fourth-order valence-corrected chi connectivity index (χ4v) is 2.08. The van der Waals surface area contributed by atoms with Crippen LogP contribution in [0.15, 0.2) is 46.9 Å². The summed E-state index contributed by atoms with van der Waals surface area (Å²) in [6.07, 6.45) is 0. The quantitative estimate of drug-likeness (QED) is 0.667. The topological polar surface area (TPSA) is 38.9 Å². The van der Waals surface area contributed by atoms with Gasteiger partial charge in [0.1, 0.15) is 0 Å². The third kappa shape index (κ3) is 2.55. The lowest BCUT2D eigenvalue weighted by Gasteiger charge is -1.98. The molecule has 0 spiro atoms. The van der Waals surface area contributed by atoms with E-state index < -0.39 is 0 Å². The van der Waals surface area contributed by atoms with Gasteiger partial charge in [0.15, 0.2) is 0 Å². The van der Waals surface area contributed by atoms with E-state index in [1.807, 2.05) is 31.2 Å². The molecule has 0 radical (unpaired) electrons. The van der Waals surface area contributed by atoms with Crippen LogP contribution < -0.4 is 0 Å². The summed E-state index contributed by atoms with van der Waals surface area (Å²) in [6.45, 7) is 2.03. The van der Waals surface area contributed by atoms with E-state index in [1.165, 1.54) is 5.56 Å². The highest BCUT2D eigenvalue weighted by atomic mass is 35.5. The summed E-state index contributed by atoms with van der Waals surface area (Å²) in [5, 5.41) is 9.04. The molecule has 3 rings (SSSR count). The van der Waals surface area contributed by atoms with Crippen molar-refractivity contribution >= 4 is 23.2 Å². The first-order valence-corrected chi connectivity index (χ1v) is 6.75.